The lowest BCUT2D eigenvalue weighted by atomic mass is 9.98. The second kappa shape index (κ2) is 12.9. The maximum absolute atomic E-state index is 14.4. The van der Waals surface area contributed by atoms with Crippen LogP contribution in [0.15, 0.2) is 72.9 Å². The SMILES string of the molecule is Cc1cc(F)ccc1Oc1ccc2c(c1)C(=O)N(C(C(=O)NC1CCN(Cc3ccccc3)CC1)C(C)C)Cc1ncc(C)n1-2. The molecule has 0 aliphatic carbocycles. The Morgan fingerprint density at radius 1 is 1.04 bits per heavy atom. The molecule has 45 heavy (non-hydrogen) atoms. The van der Waals surface area contributed by atoms with E-state index >= 15 is 0 Å². The number of nitrogens with one attached hydrogen (secondary N) is 1. The zero-order valence-corrected chi connectivity index (χ0v) is 26.3. The molecule has 2 amide bonds. The third kappa shape index (κ3) is 6.49. The number of amides is 2. The lowest BCUT2D eigenvalue weighted by molar-refractivity contribution is -0.128. The van der Waals surface area contributed by atoms with Crippen LogP contribution in [-0.2, 0) is 17.9 Å². The van der Waals surface area contributed by atoms with E-state index in [-0.39, 0.29) is 36.1 Å². The molecule has 0 spiro atoms. The van der Waals surface area contributed by atoms with Crippen molar-refractivity contribution in [1.29, 1.82) is 0 Å². The highest BCUT2D eigenvalue weighted by Crippen LogP contribution is 2.33. The van der Waals surface area contributed by atoms with Crippen LogP contribution < -0.4 is 10.1 Å². The number of ether oxygens (including phenoxy) is 1. The zero-order valence-electron chi connectivity index (χ0n) is 26.3. The molecule has 1 atom stereocenters. The highest BCUT2D eigenvalue weighted by atomic mass is 19.1. The Morgan fingerprint density at radius 3 is 2.51 bits per heavy atom. The van der Waals surface area contributed by atoms with Gasteiger partial charge in [-0.2, -0.15) is 0 Å². The first kappa shape index (κ1) is 30.5. The van der Waals surface area contributed by atoms with Crippen LogP contribution in [0.25, 0.3) is 5.69 Å². The number of nitrogens with zero attached hydrogens (tertiary/aromatic N) is 4. The highest BCUT2D eigenvalue weighted by molar-refractivity contribution is 6.01. The Balaban J connectivity index is 1.23. The molecule has 0 bridgehead atoms. The molecule has 3 heterocycles. The Morgan fingerprint density at radius 2 is 1.80 bits per heavy atom. The van der Waals surface area contributed by atoms with Crippen molar-refractivity contribution in [3.05, 3.63) is 107 Å². The molecule has 1 fully saturated rings. The molecule has 1 N–H and O–H groups in total. The molecule has 2 aliphatic heterocycles. The van der Waals surface area contributed by atoms with Gasteiger partial charge in [-0.25, -0.2) is 9.37 Å². The molecular weight excluding hydrogens is 569 g/mol. The number of aryl methyl sites for hydroxylation is 2. The van der Waals surface area contributed by atoms with E-state index in [1.807, 2.05) is 37.5 Å². The summed E-state index contributed by atoms with van der Waals surface area (Å²) in [5.74, 6) is 0.755. The van der Waals surface area contributed by atoms with Crippen LogP contribution in [0.4, 0.5) is 4.39 Å². The molecule has 234 valence electrons. The smallest absolute Gasteiger partial charge is 0.257 e. The first-order chi connectivity index (χ1) is 21.7. The molecule has 8 nitrogen and oxygen atoms in total. The fourth-order valence-corrected chi connectivity index (χ4v) is 6.50. The molecule has 9 heteroatoms. The molecule has 1 saturated heterocycles. The minimum absolute atomic E-state index is 0.0447. The second-order valence-corrected chi connectivity index (χ2v) is 12.5. The fourth-order valence-electron chi connectivity index (χ4n) is 6.50. The minimum Gasteiger partial charge on any atom is -0.457 e. The van der Waals surface area contributed by atoms with Gasteiger partial charge < -0.3 is 15.0 Å². The Labute approximate surface area is 263 Å². The van der Waals surface area contributed by atoms with Gasteiger partial charge in [0.2, 0.25) is 5.91 Å². The minimum atomic E-state index is -0.694. The lowest BCUT2D eigenvalue weighted by Crippen LogP contribution is -2.55. The van der Waals surface area contributed by atoms with Crippen molar-refractivity contribution in [2.75, 3.05) is 13.1 Å². The second-order valence-electron chi connectivity index (χ2n) is 12.5. The number of hydrogen-bond donors (Lipinski definition) is 1. The molecule has 0 radical (unpaired) electrons. The van der Waals surface area contributed by atoms with E-state index in [2.05, 4.69) is 39.5 Å². The van der Waals surface area contributed by atoms with Gasteiger partial charge in [0.05, 0.1) is 17.8 Å². The quantitative estimate of drug-likeness (QED) is 0.258. The van der Waals surface area contributed by atoms with E-state index in [9.17, 15) is 14.0 Å². The number of carbonyl (C=O) groups excluding carboxylic acids is 2. The predicted octanol–water partition coefficient (Wildman–Crippen LogP) is 6.18. The number of benzene rings is 3. The van der Waals surface area contributed by atoms with Crippen molar-refractivity contribution in [2.45, 2.75) is 65.7 Å². The van der Waals surface area contributed by atoms with E-state index in [0.717, 1.165) is 38.2 Å². The molecule has 4 aromatic rings. The van der Waals surface area contributed by atoms with Crippen molar-refractivity contribution >= 4 is 11.8 Å². The summed E-state index contributed by atoms with van der Waals surface area (Å²) in [4.78, 5) is 37.1. The largest absolute Gasteiger partial charge is 0.457 e. The maximum Gasteiger partial charge on any atom is 0.257 e. The molecule has 3 aromatic carbocycles. The van der Waals surface area contributed by atoms with Gasteiger partial charge in [0, 0.05) is 37.6 Å². The summed E-state index contributed by atoms with van der Waals surface area (Å²) in [5.41, 5.74) is 3.92. The number of likely N-dealkylation sites (tertiary alicyclic amines) is 1. The number of piperidine rings is 1. The Bertz CT molecular complexity index is 1690. The van der Waals surface area contributed by atoms with Crippen molar-refractivity contribution in [3.63, 3.8) is 0 Å². The molecule has 6 rings (SSSR count). The summed E-state index contributed by atoms with van der Waals surface area (Å²) < 4.78 is 21.8. The highest BCUT2D eigenvalue weighted by Gasteiger charge is 2.38. The van der Waals surface area contributed by atoms with Crippen molar-refractivity contribution in [1.82, 2.24) is 24.7 Å². The number of halogens is 1. The van der Waals surface area contributed by atoms with Crippen molar-refractivity contribution in [3.8, 4) is 17.2 Å². The molecular formula is C36H40FN5O3. The van der Waals surface area contributed by atoms with Gasteiger partial charge >= 0.3 is 0 Å². The van der Waals surface area contributed by atoms with E-state index < -0.39 is 6.04 Å². The normalized spacial score (nSPS) is 16.2. The van der Waals surface area contributed by atoms with E-state index in [1.165, 1.54) is 17.7 Å². The summed E-state index contributed by atoms with van der Waals surface area (Å²) in [5, 5.41) is 3.29. The fraction of sp³-hybridized carbons (Fsp3) is 0.361. The van der Waals surface area contributed by atoms with Crippen LogP contribution in [0.3, 0.4) is 0 Å². The van der Waals surface area contributed by atoms with Gasteiger partial charge in [-0.1, -0.05) is 44.2 Å². The number of aromatic nitrogens is 2. The summed E-state index contributed by atoms with van der Waals surface area (Å²) >= 11 is 0. The third-order valence-corrected chi connectivity index (χ3v) is 8.81. The van der Waals surface area contributed by atoms with Crippen LogP contribution in [0, 0.1) is 25.6 Å². The van der Waals surface area contributed by atoms with E-state index in [0.29, 0.717) is 34.1 Å². The topological polar surface area (TPSA) is 79.7 Å². The van der Waals surface area contributed by atoms with Crippen molar-refractivity contribution < 1.29 is 18.7 Å². The average Bonchev–Trinajstić information content (AvgIpc) is 3.33. The number of hydrogen-bond acceptors (Lipinski definition) is 5. The van der Waals surface area contributed by atoms with Crippen LogP contribution in [-0.4, -0.2) is 56.3 Å². The molecule has 1 unspecified atom stereocenters. The van der Waals surface area contributed by atoms with E-state index in [4.69, 9.17) is 4.74 Å². The first-order valence-electron chi connectivity index (χ1n) is 15.7. The number of fused-ring (bicyclic) bond motifs is 3. The Kier molecular flexibility index (Phi) is 8.72. The van der Waals surface area contributed by atoms with Crippen LogP contribution in [0.2, 0.25) is 0 Å². The molecule has 1 aromatic heterocycles. The summed E-state index contributed by atoms with van der Waals surface area (Å²) in [6.45, 7) is 10.6. The van der Waals surface area contributed by atoms with Gasteiger partial charge in [-0.15, -0.1) is 0 Å². The van der Waals surface area contributed by atoms with Gasteiger partial charge in [0.15, 0.2) is 0 Å². The average molecular weight is 610 g/mol. The number of rotatable bonds is 8. The zero-order chi connectivity index (χ0) is 31.7. The van der Waals surface area contributed by atoms with Crippen LogP contribution in [0.1, 0.15) is 59.7 Å². The van der Waals surface area contributed by atoms with Gasteiger partial charge in [0.25, 0.3) is 5.91 Å². The summed E-state index contributed by atoms with van der Waals surface area (Å²) in [6.07, 6.45) is 3.49. The summed E-state index contributed by atoms with van der Waals surface area (Å²) in [7, 11) is 0. The standard InChI is InChI=1S/C36H40FN5O3/c1-23(2)34(35(43)39-28-14-16-40(17-15-28)21-26-8-6-5-7-9-26)41-22-33-38-20-25(4)42(33)31-12-11-29(19-30(31)36(41)44)45-32-13-10-27(37)18-24(32)3/h5-13,18-20,23,28,34H,14-17,21-22H2,1-4H3,(H,39,43). The van der Waals surface area contributed by atoms with Crippen molar-refractivity contribution in [2.24, 2.45) is 5.92 Å². The van der Waals surface area contributed by atoms with Gasteiger partial charge in [0.1, 0.15) is 29.2 Å². The number of carbonyl (C=O) groups is 2. The molecule has 2 aliphatic rings. The third-order valence-electron chi connectivity index (χ3n) is 8.81. The van der Waals surface area contributed by atoms with Crippen LogP contribution >= 0.6 is 0 Å². The predicted molar refractivity (Wildman–Crippen MR) is 171 cm³/mol. The Hall–Kier alpha value is -4.50. The monoisotopic (exact) mass is 609 g/mol. The van der Waals surface area contributed by atoms with Crippen LogP contribution in [0.5, 0.6) is 11.5 Å². The number of imidazole rings is 1. The molecule has 0 saturated carbocycles. The van der Waals surface area contributed by atoms with Gasteiger partial charge in [-0.3, -0.25) is 19.1 Å². The lowest BCUT2D eigenvalue weighted by Gasteiger charge is -2.36. The van der Waals surface area contributed by atoms with E-state index in [1.54, 1.807) is 36.2 Å². The maximum atomic E-state index is 14.4. The summed E-state index contributed by atoms with van der Waals surface area (Å²) in [6, 6.07) is 19.5. The van der Waals surface area contributed by atoms with Gasteiger partial charge in [-0.05, 0) is 80.1 Å². The first-order valence-corrected chi connectivity index (χ1v) is 15.7.